The first-order valence-electron chi connectivity index (χ1n) is 2.08. The molecule has 1 rings (SSSR count). The molecule has 0 bridgehead atoms. The van der Waals surface area contributed by atoms with Crippen LogP contribution in [0.15, 0.2) is 6.20 Å². The summed E-state index contributed by atoms with van der Waals surface area (Å²) < 4.78 is 3.45. The van der Waals surface area contributed by atoms with Crippen LogP contribution in [0, 0.1) is 0 Å². The van der Waals surface area contributed by atoms with E-state index >= 15 is 0 Å². The van der Waals surface area contributed by atoms with Gasteiger partial charge in [0.15, 0.2) is 10.6 Å². The highest BCUT2D eigenvalue weighted by molar-refractivity contribution is 7.08. The van der Waals surface area contributed by atoms with Gasteiger partial charge in [-0.3, -0.25) is 0 Å². The standard InChI is InChI=1S/C4H3NO3S/c6-2-1-5-9-3(2)4(7)8/h1,6H,(H,7,8). The lowest BCUT2D eigenvalue weighted by Crippen LogP contribution is -1.90. The average molecular weight is 145 g/mol. The fraction of sp³-hybridized carbons (Fsp3) is 0. The number of aromatic nitrogens is 1. The van der Waals surface area contributed by atoms with E-state index in [-0.39, 0.29) is 10.6 Å². The van der Waals surface area contributed by atoms with Crippen LogP contribution in [0.5, 0.6) is 5.75 Å². The second-order valence-electron chi connectivity index (χ2n) is 1.35. The SMILES string of the molecule is O=C(O)c1sncc1O. The van der Waals surface area contributed by atoms with E-state index in [9.17, 15) is 4.79 Å². The predicted octanol–water partition coefficient (Wildman–Crippen LogP) is 0.547. The number of aromatic hydroxyl groups is 1. The third-order valence-electron chi connectivity index (χ3n) is 0.746. The molecule has 0 atom stereocenters. The number of nitrogens with zero attached hydrogens (tertiary/aromatic N) is 1. The van der Waals surface area contributed by atoms with E-state index < -0.39 is 5.97 Å². The van der Waals surface area contributed by atoms with Crippen molar-refractivity contribution in [1.29, 1.82) is 0 Å². The van der Waals surface area contributed by atoms with Gasteiger partial charge >= 0.3 is 5.97 Å². The number of carboxylic acid groups (broad SMARTS) is 1. The van der Waals surface area contributed by atoms with E-state index in [1.807, 2.05) is 0 Å². The summed E-state index contributed by atoms with van der Waals surface area (Å²) in [5.41, 5.74) is 0. The summed E-state index contributed by atoms with van der Waals surface area (Å²) in [5, 5.41) is 17.0. The first-order valence-corrected chi connectivity index (χ1v) is 2.86. The molecule has 4 nitrogen and oxygen atoms in total. The molecule has 9 heavy (non-hydrogen) atoms. The van der Waals surface area contributed by atoms with Gasteiger partial charge in [0.05, 0.1) is 6.20 Å². The Morgan fingerprint density at radius 3 is 2.67 bits per heavy atom. The normalized spacial score (nSPS) is 9.33. The predicted molar refractivity (Wildman–Crippen MR) is 30.7 cm³/mol. The highest BCUT2D eigenvalue weighted by Crippen LogP contribution is 2.18. The Morgan fingerprint density at radius 2 is 2.44 bits per heavy atom. The lowest BCUT2D eigenvalue weighted by Gasteiger charge is -1.83. The maximum Gasteiger partial charge on any atom is 0.351 e. The zero-order valence-electron chi connectivity index (χ0n) is 4.24. The number of aromatic carboxylic acids is 1. The Bertz CT molecular complexity index is 231. The molecule has 0 fully saturated rings. The Labute approximate surface area is 54.5 Å². The van der Waals surface area contributed by atoms with Crippen LogP contribution < -0.4 is 0 Å². The molecular weight excluding hydrogens is 142 g/mol. The third-order valence-corrected chi connectivity index (χ3v) is 1.52. The summed E-state index contributed by atoms with van der Waals surface area (Å²) in [6, 6.07) is 0. The van der Waals surface area contributed by atoms with Crippen molar-refractivity contribution in [3.8, 4) is 5.75 Å². The van der Waals surface area contributed by atoms with Crippen LogP contribution >= 0.6 is 11.5 Å². The van der Waals surface area contributed by atoms with Crippen molar-refractivity contribution in [2.45, 2.75) is 0 Å². The van der Waals surface area contributed by atoms with Crippen molar-refractivity contribution < 1.29 is 15.0 Å². The van der Waals surface area contributed by atoms with Gasteiger partial charge in [0.25, 0.3) is 0 Å². The molecule has 0 aliphatic carbocycles. The van der Waals surface area contributed by atoms with Gasteiger partial charge in [0, 0.05) is 0 Å². The minimum atomic E-state index is -1.14. The largest absolute Gasteiger partial charge is 0.505 e. The molecule has 2 N–H and O–H groups in total. The molecule has 1 aromatic rings. The quantitative estimate of drug-likeness (QED) is 0.605. The molecule has 5 heteroatoms. The van der Waals surface area contributed by atoms with Gasteiger partial charge in [-0.15, -0.1) is 0 Å². The molecular formula is C4H3NO3S. The van der Waals surface area contributed by atoms with Crippen LogP contribution in [0.25, 0.3) is 0 Å². The first-order chi connectivity index (χ1) is 4.22. The minimum absolute atomic E-state index is 0.116. The lowest BCUT2D eigenvalue weighted by molar-refractivity contribution is 0.0699. The van der Waals surface area contributed by atoms with Crippen LogP contribution in [0.2, 0.25) is 0 Å². The zero-order valence-corrected chi connectivity index (χ0v) is 5.05. The molecule has 0 saturated heterocycles. The van der Waals surface area contributed by atoms with Crippen LogP contribution in [-0.4, -0.2) is 20.6 Å². The summed E-state index contributed by atoms with van der Waals surface area (Å²) in [5.74, 6) is -1.41. The van der Waals surface area contributed by atoms with Gasteiger partial charge in [-0.25, -0.2) is 4.79 Å². The van der Waals surface area contributed by atoms with Gasteiger partial charge in [-0.1, -0.05) is 0 Å². The van der Waals surface area contributed by atoms with Crippen LogP contribution in [-0.2, 0) is 0 Å². The van der Waals surface area contributed by atoms with Gasteiger partial charge < -0.3 is 10.2 Å². The van der Waals surface area contributed by atoms with Crippen LogP contribution in [0.1, 0.15) is 9.67 Å². The molecule has 48 valence electrons. The molecule has 0 aliphatic rings. The van der Waals surface area contributed by atoms with Gasteiger partial charge in [-0.2, -0.15) is 4.37 Å². The van der Waals surface area contributed by atoms with Crippen molar-refractivity contribution in [2.75, 3.05) is 0 Å². The van der Waals surface area contributed by atoms with Crippen molar-refractivity contribution >= 4 is 17.5 Å². The van der Waals surface area contributed by atoms with Crippen molar-refractivity contribution in [3.63, 3.8) is 0 Å². The van der Waals surface area contributed by atoms with Crippen molar-refractivity contribution in [2.24, 2.45) is 0 Å². The molecule has 0 aliphatic heterocycles. The fourth-order valence-corrected chi connectivity index (χ4v) is 0.865. The number of hydrogen-bond donors (Lipinski definition) is 2. The molecule has 0 amide bonds. The fourth-order valence-electron chi connectivity index (χ4n) is 0.383. The molecule has 1 aromatic heterocycles. The minimum Gasteiger partial charge on any atom is -0.505 e. The summed E-state index contributed by atoms with van der Waals surface area (Å²) >= 11 is 0.758. The maximum absolute atomic E-state index is 10.1. The highest BCUT2D eigenvalue weighted by Gasteiger charge is 2.10. The van der Waals surface area contributed by atoms with Gasteiger partial charge in [0.1, 0.15) is 0 Å². The van der Waals surface area contributed by atoms with Gasteiger partial charge in [-0.05, 0) is 11.5 Å². The molecule has 0 saturated carbocycles. The summed E-state index contributed by atoms with van der Waals surface area (Å²) in [6.45, 7) is 0. The molecule has 0 radical (unpaired) electrons. The molecule has 1 heterocycles. The zero-order chi connectivity index (χ0) is 6.85. The maximum atomic E-state index is 10.1. The van der Waals surface area contributed by atoms with E-state index in [1.165, 1.54) is 0 Å². The van der Waals surface area contributed by atoms with E-state index in [2.05, 4.69) is 4.37 Å². The number of hydrogen-bond acceptors (Lipinski definition) is 4. The summed E-state index contributed by atoms with van der Waals surface area (Å²) in [7, 11) is 0. The topological polar surface area (TPSA) is 70.4 Å². The summed E-state index contributed by atoms with van der Waals surface area (Å²) in [6.07, 6.45) is 1.11. The molecule has 0 unspecified atom stereocenters. The number of carboxylic acids is 1. The van der Waals surface area contributed by atoms with E-state index in [1.54, 1.807) is 0 Å². The van der Waals surface area contributed by atoms with E-state index in [0.717, 1.165) is 17.7 Å². The average Bonchev–Trinajstić information content (AvgIpc) is 2.13. The molecule has 0 spiro atoms. The number of rotatable bonds is 1. The second-order valence-corrected chi connectivity index (χ2v) is 2.15. The first kappa shape index (κ1) is 6.03. The lowest BCUT2D eigenvalue weighted by atomic mass is 10.5. The Hall–Kier alpha value is -1.10. The monoisotopic (exact) mass is 145 g/mol. The smallest absolute Gasteiger partial charge is 0.351 e. The van der Waals surface area contributed by atoms with E-state index in [4.69, 9.17) is 10.2 Å². The Morgan fingerprint density at radius 1 is 1.78 bits per heavy atom. The molecule has 0 aromatic carbocycles. The van der Waals surface area contributed by atoms with E-state index in [0.29, 0.717) is 0 Å². The van der Waals surface area contributed by atoms with Crippen molar-refractivity contribution in [3.05, 3.63) is 11.1 Å². The van der Waals surface area contributed by atoms with Crippen LogP contribution in [0.3, 0.4) is 0 Å². The Kier molecular flexibility index (Phi) is 1.35. The number of carbonyl (C=O) groups is 1. The highest BCUT2D eigenvalue weighted by atomic mass is 32.1. The second kappa shape index (κ2) is 2.02. The Balaban J connectivity index is 3.08. The van der Waals surface area contributed by atoms with Crippen molar-refractivity contribution in [1.82, 2.24) is 4.37 Å². The summed E-state index contributed by atoms with van der Waals surface area (Å²) in [4.78, 5) is 9.98. The third kappa shape index (κ3) is 0.996. The van der Waals surface area contributed by atoms with Gasteiger partial charge in [0.2, 0.25) is 0 Å². The van der Waals surface area contributed by atoms with Crippen LogP contribution in [0.4, 0.5) is 0 Å².